The number of nitrogens with one attached hydrogen (secondary N) is 1. The van der Waals surface area contributed by atoms with Crippen LogP contribution in [0.1, 0.15) is 19.8 Å². The van der Waals surface area contributed by atoms with Gasteiger partial charge in [-0.25, -0.2) is 0 Å². The van der Waals surface area contributed by atoms with Gasteiger partial charge in [0.25, 0.3) is 0 Å². The van der Waals surface area contributed by atoms with Gasteiger partial charge in [-0.05, 0) is 12.0 Å². The van der Waals surface area contributed by atoms with Gasteiger partial charge >= 0.3 is 0 Å². The quantitative estimate of drug-likeness (QED) is 0.547. The molecular weight excluding hydrogens is 86.1 g/mol. The summed E-state index contributed by atoms with van der Waals surface area (Å²) in [5, 5.41) is 3.12. The highest BCUT2D eigenvalue weighted by Crippen LogP contribution is 2.29. The topological polar surface area (TPSA) is 12.0 Å². The van der Waals surface area contributed by atoms with Gasteiger partial charge in [-0.2, -0.15) is 0 Å². The Bertz CT molecular complexity index is 90.7. The summed E-state index contributed by atoms with van der Waals surface area (Å²) in [6.07, 6.45) is 2.48. The average Bonchev–Trinajstić information content (AvgIpc) is 2.43. The average molecular weight is 97.2 g/mol. The molecule has 0 saturated heterocycles. The van der Waals surface area contributed by atoms with Crippen molar-refractivity contribution in [3.05, 3.63) is 11.3 Å². The molecule has 0 aromatic heterocycles. The Balaban J connectivity index is 2.32. The lowest BCUT2D eigenvalue weighted by atomic mass is 10.4. The third-order valence-corrected chi connectivity index (χ3v) is 1.42. The molecule has 0 aromatic carbocycles. The maximum absolute atomic E-state index is 3.12. The number of hydrogen-bond acceptors (Lipinski definition) is 1. The van der Waals surface area contributed by atoms with Gasteiger partial charge in [-0.15, -0.1) is 0 Å². The van der Waals surface area contributed by atoms with E-state index in [-0.39, 0.29) is 0 Å². The summed E-state index contributed by atoms with van der Waals surface area (Å²) in [6.45, 7) is 2.19. The van der Waals surface area contributed by atoms with Gasteiger partial charge in [-0.3, -0.25) is 0 Å². The summed E-state index contributed by atoms with van der Waals surface area (Å²) < 4.78 is 0. The fourth-order valence-corrected chi connectivity index (χ4v) is 0.773. The molecule has 0 atom stereocenters. The van der Waals surface area contributed by atoms with Crippen molar-refractivity contribution >= 4 is 0 Å². The molecule has 0 aliphatic heterocycles. The fourth-order valence-electron chi connectivity index (χ4n) is 0.773. The molecule has 0 radical (unpaired) electrons. The minimum Gasteiger partial charge on any atom is -0.391 e. The molecule has 40 valence electrons. The van der Waals surface area contributed by atoms with E-state index in [0.29, 0.717) is 0 Å². The molecule has 0 fully saturated rings. The van der Waals surface area contributed by atoms with Crippen molar-refractivity contribution in [3.8, 4) is 0 Å². The lowest BCUT2D eigenvalue weighted by Crippen LogP contribution is -1.93. The standard InChI is InChI=1S/C6H11N/c1-3-5-4-6(5)7-2/h7H,3-4H2,1-2H3. The van der Waals surface area contributed by atoms with E-state index in [9.17, 15) is 0 Å². The van der Waals surface area contributed by atoms with E-state index in [1.807, 2.05) is 7.05 Å². The zero-order valence-electron chi connectivity index (χ0n) is 4.91. The van der Waals surface area contributed by atoms with Gasteiger partial charge in [0, 0.05) is 19.2 Å². The van der Waals surface area contributed by atoms with Crippen LogP contribution >= 0.6 is 0 Å². The summed E-state index contributed by atoms with van der Waals surface area (Å²) in [6, 6.07) is 0. The number of hydrogen-bond donors (Lipinski definition) is 1. The summed E-state index contributed by atoms with van der Waals surface area (Å²) in [7, 11) is 1.98. The fraction of sp³-hybridized carbons (Fsp3) is 0.667. The van der Waals surface area contributed by atoms with Gasteiger partial charge in [-0.1, -0.05) is 6.92 Å². The second-order valence-electron chi connectivity index (χ2n) is 1.86. The van der Waals surface area contributed by atoms with Crippen LogP contribution in [-0.4, -0.2) is 7.05 Å². The van der Waals surface area contributed by atoms with Gasteiger partial charge < -0.3 is 5.32 Å². The maximum atomic E-state index is 3.12. The first-order valence-electron chi connectivity index (χ1n) is 2.77. The molecule has 0 bridgehead atoms. The van der Waals surface area contributed by atoms with Gasteiger partial charge in [0.1, 0.15) is 0 Å². The molecule has 7 heavy (non-hydrogen) atoms. The number of allylic oxidation sites excluding steroid dienone is 2. The Morgan fingerprint density at radius 2 is 2.43 bits per heavy atom. The molecule has 0 unspecified atom stereocenters. The first-order chi connectivity index (χ1) is 3.38. The summed E-state index contributed by atoms with van der Waals surface area (Å²) in [5.74, 6) is 0. The monoisotopic (exact) mass is 97.1 g/mol. The third-order valence-electron chi connectivity index (χ3n) is 1.42. The zero-order chi connectivity index (χ0) is 5.28. The van der Waals surface area contributed by atoms with Crippen molar-refractivity contribution in [2.24, 2.45) is 0 Å². The molecule has 1 heteroatoms. The highest BCUT2D eigenvalue weighted by molar-refractivity contribution is 5.32. The predicted octanol–water partition coefficient (Wildman–Crippen LogP) is 1.27. The largest absolute Gasteiger partial charge is 0.391 e. The Morgan fingerprint density at radius 3 is 2.57 bits per heavy atom. The Labute approximate surface area is 44.4 Å². The number of rotatable bonds is 2. The molecule has 1 rings (SSSR count). The van der Waals surface area contributed by atoms with Crippen LogP contribution in [-0.2, 0) is 0 Å². The highest BCUT2D eigenvalue weighted by Gasteiger charge is 2.16. The normalized spacial score (nSPS) is 17.4. The lowest BCUT2D eigenvalue weighted by Gasteiger charge is -1.79. The minimum atomic E-state index is 1.23. The molecule has 0 amide bonds. The second kappa shape index (κ2) is 1.57. The Hall–Kier alpha value is -0.460. The van der Waals surface area contributed by atoms with Crippen molar-refractivity contribution < 1.29 is 0 Å². The smallest absolute Gasteiger partial charge is 0.0142 e. The molecule has 1 aliphatic rings. The van der Waals surface area contributed by atoms with Crippen molar-refractivity contribution in [3.63, 3.8) is 0 Å². The molecule has 1 N–H and O–H groups in total. The first kappa shape index (κ1) is 4.69. The van der Waals surface area contributed by atoms with E-state index in [2.05, 4.69) is 12.2 Å². The van der Waals surface area contributed by atoms with Crippen LogP contribution in [0.2, 0.25) is 0 Å². The van der Waals surface area contributed by atoms with E-state index in [0.717, 1.165) is 0 Å². The van der Waals surface area contributed by atoms with Crippen LogP contribution in [0.5, 0.6) is 0 Å². The van der Waals surface area contributed by atoms with E-state index in [1.165, 1.54) is 18.5 Å². The van der Waals surface area contributed by atoms with E-state index in [4.69, 9.17) is 0 Å². The van der Waals surface area contributed by atoms with Crippen molar-refractivity contribution in [1.82, 2.24) is 5.32 Å². The van der Waals surface area contributed by atoms with Crippen LogP contribution in [0.25, 0.3) is 0 Å². The van der Waals surface area contributed by atoms with Crippen LogP contribution in [0.15, 0.2) is 11.3 Å². The van der Waals surface area contributed by atoms with Crippen molar-refractivity contribution in [2.75, 3.05) is 7.05 Å². The highest BCUT2D eigenvalue weighted by atomic mass is 14.9. The molecule has 0 heterocycles. The second-order valence-corrected chi connectivity index (χ2v) is 1.86. The van der Waals surface area contributed by atoms with Gasteiger partial charge in [0.15, 0.2) is 0 Å². The van der Waals surface area contributed by atoms with Crippen LogP contribution < -0.4 is 5.32 Å². The lowest BCUT2D eigenvalue weighted by molar-refractivity contribution is 1.03. The summed E-state index contributed by atoms with van der Waals surface area (Å²) in [4.78, 5) is 0. The van der Waals surface area contributed by atoms with Gasteiger partial charge in [0.2, 0.25) is 0 Å². The third kappa shape index (κ3) is 0.763. The Morgan fingerprint density at radius 1 is 1.71 bits per heavy atom. The predicted molar refractivity (Wildman–Crippen MR) is 31.0 cm³/mol. The van der Waals surface area contributed by atoms with E-state index < -0.39 is 0 Å². The van der Waals surface area contributed by atoms with Crippen LogP contribution in [0, 0.1) is 0 Å². The SMILES string of the molecule is CCC1=C(NC)C1. The molecule has 1 aliphatic carbocycles. The van der Waals surface area contributed by atoms with E-state index >= 15 is 0 Å². The summed E-state index contributed by atoms with van der Waals surface area (Å²) in [5.41, 5.74) is 3.06. The molecule has 1 nitrogen and oxygen atoms in total. The van der Waals surface area contributed by atoms with Gasteiger partial charge in [0.05, 0.1) is 0 Å². The maximum Gasteiger partial charge on any atom is 0.0142 e. The zero-order valence-corrected chi connectivity index (χ0v) is 4.91. The van der Waals surface area contributed by atoms with E-state index in [1.54, 1.807) is 5.57 Å². The van der Waals surface area contributed by atoms with Crippen LogP contribution in [0.4, 0.5) is 0 Å². The van der Waals surface area contributed by atoms with Crippen LogP contribution in [0.3, 0.4) is 0 Å². The minimum absolute atomic E-state index is 1.23. The van der Waals surface area contributed by atoms with Crippen molar-refractivity contribution in [1.29, 1.82) is 0 Å². The molecule has 0 spiro atoms. The van der Waals surface area contributed by atoms with Crippen molar-refractivity contribution in [2.45, 2.75) is 19.8 Å². The molecular formula is C6H11N. The first-order valence-corrected chi connectivity index (χ1v) is 2.77. The summed E-state index contributed by atoms with van der Waals surface area (Å²) >= 11 is 0. The molecule has 0 saturated carbocycles. The Kier molecular flexibility index (Phi) is 1.05. The molecule has 0 aromatic rings.